The van der Waals surface area contributed by atoms with Crippen molar-refractivity contribution in [3.8, 4) is 0 Å². The van der Waals surface area contributed by atoms with Crippen molar-refractivity contribution in [3.63, 3.8) is 0 Å². The van der Waals surface area contributed by atoms with Gasteiger partial charge in [0.2, 0.25) is 0 Å². The van der Waals surface area contributed by atoms with E-state index in [9.17, 15) is 19.2 Å². The predicted octanol–water partition coefficient (Wildman–Crippen LogP) is -0.598. The molecule has 0 aromatic rings. The molecule has 0 fully saturated rings. The van der Waals surface area contributed by atoms with Gasteiger partial charge in [-0.05, 0) is 12.8 Å². The van der Waals surface area contributed by atoms with Crippen molar-refractivity contribution >= 4 is 23.9 Å². The van der Waals surface area contributed by atoms with Crippen LogP contribution in [0.2, 0.25) is 0 Å². The number of carboxylic acid groups (broad SMARTS) is 4. The van der Waals surface area contributed by atoms with Gasteiger partial charge in [0.25, 0.3) is 0 Å². The first-order valence-corrected chi connectivity index (χ1v) is 4.42. The maximum Gasteiger partial charge on any atom is 0.333 e. The second kappa shape index (κ2) is 3.89. The van der Waals surface area contributed by atoms with Crippen molar-refractivity contribution in [2.45, 2.75) is 12.8 Å². The molecule has 0 aliphatic heterocycles. The number of carboxylic acids is 4. The fourth-order valence-electron chi connectivity index (χ4n) is 1.86. The van der Waals surface area contributed by atoms with Crippen LogP contribution in [0.1, 0.15) is 12.8 Å². The van der Waals surface area contributed by atoms with Gasteiger partial charge in [-0.2, -0.15) is 0 Å². The first-order chi connectivity index (χ1) is 7.75. The summed E-state index contributed by atoms with van der Waals surface area (Å²) in [6, 6.07) is 0. The van der Waals surface area contributed by atoms with Gasteiger partial charge in [-0.15, -0.1) is 0 Å². The molecule has 0 aromatic carbocycles. The van der Waals surface area contributed by atoms with Crippen LogP contribution in [0.3, 0.4) is 0 Å². The summed E-state index contributed by atoms with van der Waals surface area (Å²) in [6.45, 7) is 0. The van der Waals surface area contributed by atoms with Crippen LogP contribution in [-0.2, 0) is 19.2 Å². The van der Waals surface area contributed by atoms with E-state index in [0.29, 0.717) is 0 Å². The summed E-state index contributed by atoms with van der Waals surface area (Å²) in [6.07, 6.45) is -0.990. The number of aliphatic carboxylic acids is 4. The summed E-state index contributed by atoms with van der Waals surface area (Å²) < 4.78 is 0. The molecule has 0 amide bonds. The molecule has 0 spiro atoms. The SMILES string of the molecule is O=C(O)C1=C(C(=O)O)C(C(=O)O)(C(=O)O)CC1. The molecule has 8 nitrogen and oxygen atoms in total. The van der Waals surface area contributed by atoms with Crippen LogP contribution >= 0.6 is 0 Å². The van der Waals surface area contributed by atoms with Gasteiger partial charge < -0.3 is 20.4 Å². The molecule has 4 N–H and O–H groups in total. The third kappa shape index (κ3) is 1.63. The molecule has 1 rings (SSSR count). The number of hydrogen-bond donors (Lipinski definition) is 4. The van der Waals surface area contributed by atoms with E-state index in [1.165, 1.54) is 0 Å². The highest BCUT2D eigenvalue weighted by atomic mass is 16.4. The molecule has 0 atom stereocenters. The molecule has 0 bridgehead atoms. The first-order valence-electron chi connectivity index (χ1n) is 4.42. The van der Waals surface area contributed by atoms with E-state index < -0.39 is 53.3 Å². The highest BCUT2D eigenvalue weighted by molar-refractivity contribution is 6.14. The molecule has 0 heterocycles. The highest BCUT2D eigenvalue weighted by Crippen LogP contribution is 2.44. The van der Waals surface area contributed by atoms with E-state index in [0.717, 1.165) is 0 Å². The second-order valence-corrected chi connectivity index (χ2v) is 3.48. The van der Waals surface area contributed by atoms with Crippen LogP contribution < -0.4 is 0 Å². The first kappa shape index (κ1) is 12.7. The Morgan fingerprint density at radius 2 is 1.35 bits per heavy atom. The van der Waals surface area contributed by atoms with Gasteiger partial charge in [-0.1, -0.05) is 0 Å². The van der Waals surface area contributed by atoms with Crippen molar-refractivity contribution in [1.82, 2.24) is 0 Å². The van der Waals surface area contributed by atoms with Gasteiger partial charge in [-0.25, -0.2) is 9.59 Å². The summed E-state index contributed by atoms with van der Waals surface area (Å²) in [7, 11) is 0. The minimum atomic E-state index is -2.68. The van der Waals surface area contributed by atoms with Crippen LogP contribution in [0.4, 0.5) is 0 Å². The van der Waals surface area contributed by atoms with Crippen molar-refractivity contribution < 1.29 is 39.6 Å². The monoisotopic (exact) mass is 244 g/mol. The van der Waals surface area contributed by atoms with Gasteiger partial charge in [0.05, 0.1) is 5.57 Å². The Morgan fingerprint density at radius 3 is 1.65 bits per heavy atom. The lowest BCUT2D eigenvalue weighted by molar-refractivity contribution is -0.163. The highest BCUT2D eigenvalue weighted by Gasteiger charge is 2.58. The third-order valence-corrected chi connectivity index (χ3v) is 2.68. The fraction of sp³-hybridized carbons (Fsp3) is 0.333. The average molecular weight is 244 g/mol. The van der Waals surface area contributed by atoms with Crippen LogP contribution in [0.15, 0.2) is 11.1 Å². The zero-order chi connectivity index (χ0) is 13.4. The Kier molecular flexibility index (Phi) is 2.90. The topological polar surface area (TPSA) is 149 Å². The Balaban J connectivity index is 3.56. The summed E-state index contributed by atoms with van der Waals surface area (Å²) in [5.74, 6) is -7.21. The zero-order valence-corrected chi connectivity index (χ0v) is 8.34. The maximum absolute atomic E-state index is 11.0. The van der Waals surface area contributed by atoms with Gasteiger partial charge in [-0.3, -0.25) is 9.59 Å². The van der Waals surface area contributed by atoms with Crippen molar-refractivity contribution in [2.24, 2.45) is 5.41 Å². The Labute approximate surface area is 93.8 Å². The molecule has 0 saturated carbocycles. The van der Waals surface area contributed by atoms with Gasteiger partial charge in [0, 0.05) is 5.57 Å². The molecule has 0 aromatic heterocycles. The maximum atomic E-state index is 11.0. The lowest BCUT2D eigenvalue weighted by Gasteiger charge is -2.20. The Morgan fingerprint density at radius 1 is 0.882 bits per heavy atom. The Bertz CT molecular complexity index is 444. The molecule has 1 aliphatic carbocycles. The van der Waals surface area contributed by atoms with Gasteiger partial charge >= 0.3 is 23.9 Å². The Hall–Kier alpha value is -2.38. The third-order valence-electron chi connectivity index (χ3n) is 2.68. The van der Waals surface area contributed by atoms with Crippen LogP contribution in [-0.4, -0.2) is 44.3 Å². The molecule has 0 unspecified atom stereocenters. The summed E-state index contributed by atoms with van der Waals surface area (Å²) in [5, 5.41) is 35.3. The zero-order valence-electron chi connectivity index (χ0n) is 8.34. The molecular formula is C9H8O8. The van der Waals surface area contributed by atoms with E-state index in [2.05, 4.69) is 0 Å². The van der Waals surface area contributed by atoms with Crippen molar-refractivity contribution in [3.05, 3.63) is 11.1 Å². The van der Waals surface area contributed by atoms with Crippen molar-refractivity contribution in [2.75, 3.05) is 0 Å². The van der Waals surface area contributed by atoms with E-state index in [4.69, 9.17) is 20.4 Å². The normalized spacial score (nSPS) is 17.9. The molecule has 1 aliphatic rings. The largest absolute Gasteiger partial charge is 0.480 e. The predicted molar refractivity (Wildman–Crippen MR) is 49.2 cm³/mol. The summed E-state index contributed by atoms with van der Waals surface area (Å²) in [4.78, 5) is 43.6. The quantitative estimate of drug-likeness (QED) is 0.479. The number of rotatable bonds is 4. The van der Waals surface area contributed by atoms with Gasteiger partial charge in [0.1, 0.15) is 0 Å². The minimum Gasteiger partial charge on any atom is -0.480 e. The molecule has 92 valence electrons. The van der Waals surface area contributed by atoms with E-state index in [1.807, 2.05) is 0 Å². The molecule has 17 heavy (non-hydrogen) atoms. The fourth-order valence-corrected chi connectivity index (χ4v) is 1.86. The summed E-state index contributed by atoms with van der Waals surface area (Å²) in [5.41, 5.74) is -4.44. The number of carbonyl (C=O) groups is 4. The van der Waals surface area contributed by atoms with Crippen LogP contribution in [0.25, 0.3) is 0 Å². The molecule has 8 heteroatoms. The lowest BCUT2D eigenvalue weighted by atomic mass is 9.81. The smallest absolute Gasteiger partial charge is 0.333 e. The van der Waals surface area contributed by atoms with E-state index in [-0.39, 0.29) is 0 Å². The van der Waals surface area contributed by atoms with Crippen LogP contribution in [0.5, 0.6) is 0 Å². The lowest BCUT2D eigenvalue weighted by Crippen LogP contribution is -2.41. The average Bonchev–Trinajstić information content (AvgIpc) is 2.57. The summed E-state index contributed by atoms with van der Waals surface area (Å²) >= 11 is 0. The van der Waals surface area contributed by atoms with E-state index in [1.54, 1.807) is 0 Å². The minimum absolute atomic E-state index is 0.407. The van der Waals surface area contributed by atoms with Gasteiger partial charge in [0.15, 0.2) is 5.41 Å². The van der Waals surface area contributed by atoms with E-state index >= 15 is 0 Å². The second-order valence-electron chi connectivity index (χ2n) is 3.48. The van der Waals surface area contributed by atoms with Crippen molar-refractivity contribution in [1.29, 1.82) is 0 Å². The molecule has 0 radical (unpaired) electrons. The molecular weight excluding hydrogens is 236 g/mol. The van der Waals surface area contributed by atoms with Crippen LogP contribution in [0, 0.1) is 5.41 Å². The standard InChI is InChI=1S/C9H8O8/c10-5(11)3-1-2-9(7(14)15,8(16)17)4(3)6(12)13/h1-2H2,(H,10,11)(H,12,13)(H,14,15)(H,16,17). The molecule has 0 saturated heterocycles. The number of hydrogen-bond acceptors (Lipinski definition) is 4.